The van der Waals surface area contributed by atoms with Gasteiger partial charge in [0.25, 0.3) is 0 Å². The maximum absolute atomic E-state index is 12.1. The van der Waals surface area contributed by atoms with Gasteiger partial charge in [0, 0.05) is 10.9 Å². The van der Waals surface area contributed by atoms with E-state index >= 15 is 0 Å². The number of hydrogen-bond acceptors (Lipinski definition) is 4. The van der Waals surface area contributed by atoms with Crippen LogP contribution in [0.5, 0.6) is 0 Å². The summed E-state index contributed by atoms with van der Waals surface area (Å²) in [5.74, 6) is -1.11. The first-order valence-corrected chi connectivity index (χ1v) is 7.94. The van der Waals surface area contributed by atoms with Gasteiger partial charge in [0.2, 0.25) is 10.0 Å². The molecule has 0 aliphatic rings. The monoisotopic (exact) mass is 291 g/mol. The largest absolute Gasteiger partial charge is 0.477 e. The lowest BCUT2D eigenvalue weighted by molar-refractivity contribution is 0.0702. The van der Waals surface area contributed by atoms with Crippen LogP contribution in [0.4, 0.5) is 0 Å². The molecule has 2 N–H and O–H groups in total. The van der Waals surface area contributed by atoms with Gasteiger partial charge >= 0.3 is 5.97 Å². The van der Waals surface area contributed by atoms with Crippen LogP contribution in [0, 0.1) is 6.92 Å². The summed E-state index contributed by atoms with van der Waals surface area (Å²) in [5.41, 5.74) is 0. The van der Waals surface area contributed by atoms with E-state index < -0.39 is 16.0 Å². The first kappa shape index (κ1) is 15.1. The van der Waals surface area contributed by atoms with Gasteiger partial charge in [-0.25, -0.2) is 17.9 Å². The number of carbonyl (C=O) groups is 1. The van der Waals surface area contributed by atoms with Crippen LogP contribution < -0.4 is 4.72 Å². The molecule has 1 rings (SSSR count). The molecule has 0 bridgehead atoms. The average Bonchev–Trinajstić information content (AvgIpc) is 2.60. The highest BCUT2D eigenvalue weighted by Crippen LogP contribution is 2.25. The highest BCUT2D eigenvalue weighted by atomic mass is 32.2. The summed E-state index contributed by atoms with van der Waals surface area (Å²) in [5, 5.41) is 8.85. The average molecular weight is 291 g/mol. The number of rotatable bonds is 6. The molecular weight excluding hydrogens is 274 g/mol. The second kappa shape index (κ2) is 5.81. The second-order valence-electron chi connectivity index (χ2n) is 4.15. The van der Waals surface area contributed by atoms with E-state index in [-0.39, 0.29) is 15.8 Å². The molecule has 5 nitrogen and oxygen atoms in total. The van der Waals surface area contributed by atoms with Crippen LogP contribution in [-0.2, 0) is 10.0 Å². The zero-order valence-corrected chi connectivity index (χ0v) is 12.2. The van der Waals surface area contributed by atoms with Crippen molar-refractivity contribution in [1.82, 2.24) is 4.72 Å². The maximum atomic E-state index is 12.1. The molecule has 0 aliphatic heterocycles. The molecule has 7 heteroatoms. The highest BCUT2D eigenvalue weighted by Gasteiger charge is 2.23. The fourth-order valence-electron chi connectivity index (χ4n) is 1.66. The number of hydrogen-bond donors (Lipinski definition) is 2. The summed E-state index contributed by atoms with van der Waals surface area (Å²) >= 11 is 0.971. The van der Waals surface area contributed by atoms with E-state index in [0.717, 1.165) is 24.2 Å². The number of aryl methyl sites for hydroxylation is 1. The van der Waals surface area contributed by atoms with Crippen molar-refractivity contribution < 1.29 is 18.3 Å². The Bertz CT molecular complexity index is 533. The van der Waals surface area contributed by atoms with Crippen LogP contribution in [0.25, 0.3) is 0 Å². The molecule has 0 aliphatic carbocycles. The Balaban J connectivity index is 3.01. The standard InChI is InChI=1S/C11H17NO4S2/c1-4-5-7(2)12-18(15,16)10-6-9(11(13)14)17-8(10)3/h6-7,12H,4-5H2,1-3H3,(H,13,14). The molecule has 0 saturated heterocycles. The zero-order chi connectivity index (χ0) is 13.9. The molecule has 1 aromatic rings. The lowest BCUT2D eigenvalue weighted by Crippen LogP contribution is -2.32. The van der Waals surface area contributed by atoms with Gasteiger partial charge in [-0.2, -0.15) is 0 Å². The molecule has 0 fully saturated rings. The first-order chi connectivity index (χ1) is 8.27. The van der Waals surface area contributed by atoms with Crippen LogP contribution in [0.2, 0.25) is 0 Å². The molecule has 1 heterocycles. The van der Waals surface area contributed by atoms with E-state index in [1.807, 2.05) is 6.92 Å². The summed E-state index contributed by atoms with van der Waals surface area (Å²) in [7, 11) is -3.63. The Labute approximate surface area is 111 Å². The predicted molar refractivity (Wildman–Crippen MR) is 70.7 cm³/mol. The van der Waals surface area contributed by atoms with E-state index in [9.17, 15) is 13.2 Å². The van der Waals surface area contributed by atoms with Crippen molar-refractivity contribution in [3.63, 3.8) is 0 Å². The summed E-state index contributed by atoms with van der Waals surface area (Å²) < 4.78 is 26.7. The summed E-state index contributed by atoms with van der Waals surface area (Å²) in [6, 6.07) is 1.05. The molecule has 1 aromatic heterocycles. The van der Waals surface area contributed by atoms with Crippen LogP contribution in [0.1, 0.15) is 41.2 Å². The summed E-state index contributed by atoms with van der Waals surface area (Å²) in [6.07, 6.45) is 1.63. The lowest BCUT2D eigenvalue weighted by Gasteiger charge is -2.12. The van der Waals surface area contributed by atoms with Crippen LogP contribution in [-0.4, -0.2) is 25.5 Å². The number of carboxylic acids is 1. The normalized spacial score (nSPS) is 13.5. The molecule has 102 valence electrons. The Morgan fingerprint density at radius 1 is 1.56 bits per heavy atom. The molecule has 1 unspecified atom stereocenters. The third-order valence-electron chi connectivity index (χ3n) is 2.45. The second-order valence-corrected chi connectivity index (χ2v) is 7.09. The Morgan fingerprint density at radius 3 is 2.61 bits per heavy atom. The van der Waals surface area contributed by atoms with Gasteiger partial charge < -0.3 is 5.11 Å². The Hall–Kier alpha value is -0.920. The Kier molecular flexibility index (Phi) is 4.89. The van der Waals surface area contributed by atoms with Gasteiger partial charge in [-0.3, -0.25) is 0 Å². The van der Waals surface area contributed by atoms with Crippen molar-refractivity contribution in [2.75, 3.05) is 0 Å². The lowest BCUT2D eigenvalue weighted by atomic mass is 10.2. The topological polar surface area (TPSA) is 83.5 Å². The summed E-state index contributed by atoms with van der Waals surface area (Å²) in [4.78, 5) is 11.4. The molecule has 1 atom stereocenters. The summed E-state index contributed by atoms with van der Waals surface area (Å²) in [6.45, 7) is 5.38. The van der Waals surface area contributed by atoms with Crippen molar-refractivity contribution in [2.45, 2.75) is 44.6 Å². The Morgan fingerprint density at radius 2 is 2.17 bits per heavy atom. The van der Waals surface area contributed by atoms with Gasteiger partial charge in [-0.1, -0.05) is 13.3 Å². The van der Waals surface area contributed by atoms with Gasteiger partial charge in [0.05, 0.1) is 4.90 Å². The maximum Gasteiger partial charge on any atom is 0.345 e. The van der Waals surface area contributed by atoms with Crippen molar-refractivity contribution in [3.8, 4) is 0 Å². The van der Waals surface area contributed by atoms with Crippen LogP contribution in [0.15, 0.2) is 11.0 Å². The highest BCUT2D eigenvalue weighted by molar-refractivity contribution is 7.89. The molecule has 0 radical (unpaired) electrons. The molecule has 0 saturated carbocycles. The van der Waals surface area contributed by atoms with E-state index in [1.165, 1.54) is 6.07 Å². The van der Waals surface area contributed by atoms with E-state index in [4.69, 9.17) is 5.11 Å². The van der Waals surface area contributed by atoms with Gasteiger partial charge in [-0.05, 0) is 26.3 Å². The van der Waals surface area contributed by atoms with Crippen molar-refractivity contribution in [3.05, 3.63) is 15.8 Å². The van der Waals surface area contributed by atoms with E-state index in [2.05, 4.69) is 4.72 Å². The smallest absolute Gasteiger partial charge is 0.345 e. The SMILES string of the molecule is CCCC(C)NS(=O)(=O)c1cc(C(=O)O)sc1C. The quantitative estimate of drug-likeness (QED) is 0.841. The third-order valence-corrected chi connectivity index (χ3v) is 5.33. The molecule has 0 amide bonds. The number of sulfonamides is 1. The van der Waals surface area contributed by atoms with Gasteiger partial charge in [0.1, 0.15) is 4.88 Å². The molecule has 18 heavy (non-hydrogen) atoms. The zero-order valence-electron chi connectivity index (χ0n) is 10.6. The predicted octanol–water partition coefficient (Wildman–Crippen LogP) is 2.22. The van der Waals surface area contributed by atoms with Crippen molar-refractivity contribution >= 4 is 27.3 Å². The minimum atomic E-state index is -3.63. The number of thiophene rings is 1. The fourth-order valence-corrected chi connectivity index (χ4v) is 4.37. The fraction of sp³-hybridized carbons (Fsp3) is 0.545. The van der Waals surface area contributed by atoms with E-state index in [1.54, 1.807) is 13.8 Å². The van der Waals surface area contributed by atoms with Crippen molar-refractivity contribution in [1.29, 1.82) is 0 Å². The molecule has 0 spiro atoms. The van der Waals surface area contributed by atoms with Crippen LogP contribution >= 0.6 is 11.3 Å². The van der Waals surface area contributed by atoms with Crippen molar-refractivity contribution in [2.24, 2.45) is 0 Å². The number of aromatic carboxylic acids is 1. The van der Waals surface area contributed by atoms with E-state index in [0.29, 0.717) is 4.88 Å². The van der Waals surface area contributed by atoms with Gasteiger partial charge in [0.15, 0.2) is 0 Å². The molecule has 0 aromatic carbocycles. The molecular formula is C11H17NO4S2. The third kappa shape index (κ3) is 3.54. The number of carboxylic acid groups (broad SMARTS) is 1. The number of nitrogens with one attached hydrogen (secondary N) is 1. The minimum absolute atomic E-state index is 0.0380. The minimum Gasteiger partial charge on any atom is -0.477 e. The van der Waals surface area contributed by atoms with Gasteiger partial charge in [-0.15, -0.1) is 11.3 Å². The first-order valence-electron chi connectivity index (χ1n) is 5.64. The van der Waals surface area contributed by atoms with Crippen LogP contribution in [0.3, 0.4) is 0 Å².